The van der Waals surface area contributed by atoms with Crippen molar-refractivity contribution in [1.29, 1.82) is 0 Å². The Morgan fingerprint density at radius 1 is 1.20 bits per heavy atom. The molecule has 5 heavy (non-hydrogen) atoms. The molecule has 0 atom stereocenters. The first-order chi connectivity index (χ1) is 2.41. The Bertz CT molecular complexity index is 4.85. The summed E-state index contributed by atoms with van der Waals surface area (Å²) in [5.41, 5.74) is 0. The monoisotopic (exact) mass is 287 g/mol. The SMILES string of the molecule is [CH3][Sb].[CH3][Sb][CH3]. The van der Waals surface area contributed by atoms with Gasteiger partial charge in [0.15, 0.2) is 0 Å². The molecule has 0 N–H and O–H groups in total. The maximum atomic E-state index is 2.28. The molecule has 0 nitrogen and oxygen atoms in total. The van der Waals surface area contributed by atoms with E-state index < -0.39 is 0 Å². The van der Waals surface area contributed by atoms with E-state index >= 15 is 0 Å². The summed E-state index contributed by atoms with van der Waals surface area (Å²) in [5.74, 6) is 0. The first-order valence-electron chi connectivity index (χ1n) is 1.34. The molecule has 0 aromatic heterocycles. The molecule has 0 saturated heterocycles. The zero-order valence-corrected chi connectivity index (χ0v) is 9.00. The van der Waals surface area contributed by atoms with Crippen molar-refractivity contribution in [1.82, 2.24) is 0 Å². The minimum atomic E-state index is 0.350. The van der Waals surface area contributed by atoms with E-state index in [1.165, 1.54) is 0 Å². The van der Waals surface area contributed by atoms with Crippen molar-refractivity contribution in [3.8, 4) is 0 Å². The van der Waals surface area contributed by atoms with Crippen LogP contribution in [0.25, 0.3) is 0 Å². The summed E-state index contributed by atoms with van der Waals surface area (Å²) in [4.78, 5) is 6.60. The third-order valence-corrected chi connectivity index (χ3v) is 0. The third kappa shape index (κ3) is 27.8. The van der Waals surface area contributed by atoms with Crippen molar-refractivity contribution in [3.05, 3.63) is 0 Å². The molecule has 0 aromatic carbocycles. The molecule has 0 saturated carbocycles. The van der Waals surface area contributed by atoms with E-state index in [1.807, 2.05) is 0 Å². The van der Waals surface area contributed by atoms with E-state index in [0.717, 1.165) is 0 Å². The molecule has 0 spiro atoms. The number of rotatable bonds is 0. The van der Waals surface area contributed by atoms with Crippen molar-refractivity contribution >= 4 is 44.6 Å². The molecule has 0 heterocycles. The van der Waals surface area contributed by atoms with E-state index in [0.29, 0.717) is 21.6 Å². The fourth-order valence-electron chi connectivity index (χ4n) is 0. The van der Waals surface area contributed by atoms with Crippen LogP contribution in [0.2, 0.25) is 14.6 Å². The molecule has 0 unspecified atom stereocenters. The molecular weight excluding hydrogens is 280 g/mol. The van der Waals surface area contributed by atoms with E-state index in [-0.39, 0.29) is 0 Å². The van der Waals surface area contributed by atoms with Crippen molar-refractivity contribution in [2.75, 3.05) is 0 Å². The van der Waals surface area contributed by atoms with Crippen LogP contribution in [0.3, 0.4) is 0 Å². The van der Waals surface area contributed by atoms with Crippen LogP contribution < -0.4 is 0 Å². The molecule has 0 aliphatic carbocycles. The van der Waals surface area contributed by atoms with Crippen molar-refractivity contribution in [3.63, 3.8) is 0 Å². The average Bonchev–Trinajstić information content (AvgIpc) is 1.46. The summed E-state index contributed by atoms with van der Waals surface area (Å²) < 4.78 is 0. The van der Waals surface area contributed by atoms with Gasteiger partial charge in [-0.2, -0.15) is 0 Å². The van der Waals surface area contributed by atoms with Gasteiger partial charge in [-0.25, -0.2) is 0 Å². The van der Waals surface area contributed by atoms with Gasteiger partial charge in [-0.3, -0.25) is 0 Å². The van der Waals surface area contributed by atoms with Gasteiger partial charge in [0.2, 0.25) is 0 Å². The van der Waals surface area contributed by atoms with Crippen LogP contribution in [0.15, 0.2) is 0 Å². The van der Waals surface area contributed by atoms with Crippen LogP contribution in [-0.4, -0.2) is 44.6 Å². The van der Waals surface area contributed by atoms with Crippen LogP contribution >= 0.6 is 0 Å². The van der Waals surface area contributed by atoms with E-state index in [4.69, 9.17) is 0 Å². The maximum absolute atomic E-state index is 2.28. The zero-order valence-electron chi connectivity index (χ0n) is 3.89. The summed E-state index contributed by atoms with van der Waals surface area (Å²) in [5, 5.41) is 0. The normalized spacial score (nSPS) is 4.80. The Labute approximate surface area is 58.7 Å². The van der Waals surface area contributed by atoms with Gasteiger partial charge in [-0.15, -0.1) is 0 Å². The molecule has 2 heteroatoms. The van der Waals surface area contributed by atoms with Gasteiger partial charge < -0.3 is 0 Å². The second-order valence-electron chi connectivity index (χ2n) is 0.447. The Kier molecular flexibility index (Phi) is 34.2. The summed E-state index contributed by atoms with van der Waals surface area (Å²) >= 11 is 2.10. The molecule has 31 valence electrons. The van der Waals surface area contributed by atoms with Gasteiger partial charge in [0.05, 0.1) is 0 Å². The van der Waals surface area contributed by atoms with Gasteiger partial charge in [0.1, 0.15) is 0 Å². The Morgan fingerprint density at radius 3 is 1.20 bits per heavy atom. The number of hydrogen-bond donors (Lipinski definition) is 0. The molecule has 0 aliphatic heterocycles. The summed E-state index contributed by atoms with van der Waals surface area (Å²) in [6, 6.07) is 0. The van der Waals surface area contributed by atoms with Crippen molar-refractivity contribution in [2.24, 2.45) is 0 Å². The molecule has 0 aromatic rings. The van der Waals surface area contributed by atoms with Gasteiger partial charge in [0.25, 0.3) is 0 Å². The van der Waals surface area contributed by atoms with Gasteiger partial charge in [0, 0.05) is 0 Å². The van der Waals surface area contributed by atoms with Crippen LogP contribution in [0.5, 0.6) is 0 Å². The van der Waals surface area contributed by atoms with Crippen LogP contribution in [0.4, 0.5) is 0 Å². The second kappa shape index (κ2) is 17.4. The van der Waals surface area contributed by atoms with Gasteiger partial charge in [-0.05, 0) is 0 Å². The Hall–Kier alpha value is 1.64. The average molecular weight is 289 g/mol. The van der Waals surface area contributed by atoms with Crippen molar-refractivity contribution < 1.29 is 0 Å². The Morgan fingerprint density at radius 2 is 1.20 bits per heavy atom. The fourth-order valence-corrected chi connectivity index (χ4v) is 0. The quantitative estimate of drug-likeness (QED) is 0.583. The zero-order chi connectivity index (χ0) is 4.71. The van der Waals surface area contributed by atoms with E-state index in [2.05, 4.69) is 14.6 Å². The van der Waals surface area contributed by atoms with E-state index in [9.17, 15) is 0 Å². The molecule has 0 aliphatic rings. The van der Waals surface area contributed by atoms with Crippen LogP contribution in [-0.2, 0) is 0 Å². The Balaban J connectivity index is 0. The third-order valence-electron chi connectivity index (χ3n) is 0. The topological polar surface area (TPSA) is 0 Å². The first kappa shape index (κ1) is 9.81. The van der Waals surface area contributed by atoms with Crippen molar-refractivity contribution in [2.45, 2.75) is 14.6 Å². The summed E-state index contributed by atoms with van der Waals surface area (Å²) in [6.45, 7) is 0. The standard InChI is InChI=1S/3CH3.2Sb/h3*1H3;;. The number of hydrogen-bond acceptors (Lipinski definition) is 0. The molecule has 0 amide bonds. The summed E-state index contributed by atoms with van der Waals surface area (Å²) in [7, 11) is 0. The van der Waals surface area contributed by atoms with Crippen LogP contribution in [0.1, 0.15) is 0 Å². The van der Waals surface area contributed by atoms with Crippen LogP contribution in [0, 0.1) is 0 Å². The van der Waals surface area contributed by atoms with E-state index in [1.54, 1.807) is 23.0 Å². The van der Waals surface area contributed by atoms with Gasteiger partial charge in [-0.1, -0.05) is 0 Å². The molecule has 0 bridgehead atoms. The molecule has 0 fully saturated rings. The minimum absolute atomic E-state index is 0.350. The molecule has 0 rings (SSSR count). The van der Waals surface area contributed by atoms with Gasteiger partial charge >= 0.3 is 59.2 Å². The first-order valence-corrected chi connectivity index (χ1v) is 9.00. The predicted octanol–water partition coefficient (Wildman–Crippen LogP) is 0.990. The second-order valence-corrected chi connectivity index (χ2v) is 3.00. The predicted molar refractivity (Wildman–Crippen MR) is 29.1 cm³/mol. The molecular formula is C3H9Sb2. The fraction of sp³-hybridized carbons (Fsp3) is 1.00. The summed E-state index contributed by atoms with van der Waals surface area (Å²) in [6.07, 6.45) is 0. The molecule has 3 radical (unpaired) electrons.